The largest absolute Gasteiger partial charge is 0.444 e. The molecule has 1 fully saturated rings. The number of rotatable bonds is 1. The third kappa shape index (κ3) is 3.60. The van der Waals surface area contributed by atoms with Crippen molar-refractivity contribution in [1.29, 1.82) is 0 Å². The van der Waals surface area contributed by atoms with Gasteiger partial charge in [0.15, 0.2) is 0 Å². The van der Waals surface area contributed by atoms with Gasteiger partial charge in [0.05, 0.1) is 6.04 Å². The van der Waals surface area contributed by atoms with Gasteiger partial charge in [-0.3, -0.25) is 4.90 Å². The molecule has 0 aliphatic carbocycles. The van der Waals surface area contributed by atoms with E-state index in [9.17, 15) is 13.6 Å². The van der Waals surface area contributed by atoms with Gasteiger partial charge in [-0.15, -0.1) is 0 Å². The van der Waals surface area contributed by atoms with E-state index >= 15 is 0 Å². The van der Waals surface area contributed by atoms with E-state index < -0.39 is 17.2 Å². The van der Waals surface area contributed by atoms with Crippen molar-refractivity contribution in [3.8, 4) is 0 Å². The maximum Gasteiger partial charge on any atom is 0.411 e. The summed E-state index contributed by atoms with van der Waals surface area (Å²) in [6, 6.07) is 3.53. The van der Waals surface area contributed by atoms with Crippen molar-refractivity contribution in [2.45, 2.75) is 64.1 Å². The van der Waals surface area contributed by atoms with Gasteiger partial charge in [-0.2, -0.15) is 0 Å². The second-order valence-electron chi connectivity index (χ2n) is 7.59. The smallest absolute Gasteiger partial charge is 0.411 e. The average molecular weight is 335 g/mol. The highest BCUT2D eigenvalue weighted by Crippen LogP contribution is 2.38. The summed E-state index contributed by atoms with van der Waals surface area (Å²) in [6.45, 7) is 5.55. The van der Waals surface area contributed by atoms with Crippen molar-refractivity contribution in [2.24, 2.45) is 0 Å². The van der Waals surface area contributed by atoms with Gasteiger partial charge in [0.2, 0.25) is 0 Å². The van der Waals surface area contributed by atoms with Crippen LogP contribution in [0.15, 0.2) is 24.3 Å². The van der Waals surface area contributed by atoms with Crippen molar-refractivity contribution in [3.63, 3.8) is 0 Å². The molecule has 0 aromatic heterocycles. The number of amides is 1. The Balaban J connectivity index is 1.88. The number of carbonyl (C=O) groups is 1. The highest BCUT2D eigenvalue weighted by Gasteiger charge is 2.39. The van der Waals surface area contributed by atoms with Crippen LogP contribution < -0.4 is 0 Å². The van der Waals surface area contributed by atoms with E-state index in [1.807, 2.05) is 26.8 Å². The van der Waals surface area contributed by atoms with Crippen LogP contribution in [0.1, 0.15) is 52.0 Å². The quantitative estimate of drug-likeness (QED) is 0.730. The Labute approximate surface area is 141 Å². The van der Waals surface area contributed by atoms with Gasteiger partial charge in [0, 0.05) is 12.1 Å². The summed E-state index contributed by atoms with van der Waals surface area (Å²) in [5.74, 6) is -1.16. The summed E-state index contributed by atoms with van der Waals surface area (Å²) in [7, 11) is 0. The number of fused-ring (bicyclic) bond motifs is 2. The Kier molecular flexibility index (Phi) is 4.37. The zero-order valence-corrected chi connectivity index (χ0v) is 14.3. The van der Waals surface area contributed by atoms with Crippen molar-refractivity contribution < 1.29 is 18.3 Å². The molecule has 2 atom stereocenters. The molecule has 2 bridgehead atoms. The molecule has 3 rings (SSSR count). The number of benzene rings is 1. The predicted molar refractivity (Wildman–Crippen MR) is 88.5 cm³/mol. The standard InChI is InChI=1S/C19H23F2NO2/c1-19(2,3)24-18(23)22-16-5-4-6-17(22)10-13(9-16)12-7-14(20)11-15(21)8-12/h7-9,11,16-17H,4-6,10H2,1-3H3. The molecule has 2 aliphatic heterocycles. The monoisotopic (exact) mass is 335 g/mol. The van der Waals surface area contributed by atoms with Crippen LogP contribution in [-0.4, -0.2) is 28.7 Å². The first kappa shape index (κ1) is 16.9. The Morgan fingerprint density at radius 2 is 1.83 bits per heavy atom. The van der Waals surface area contributed by atoms with Crippen LogP contribution in [0.3, 0.4) is 0 Å². The van der Waals surface area contributed by atoms with Crippen LogP contribution >= 0.6 is 0 Å². The molecule has 1 aromatic carbocycles. The van der Waals surface area contributed by atoms with E-state index in [0.29, 0.717) is 12.0 Å². The van der Waals surface area contributed by atoms with Crippen molar-refractivity contribution in [3.05, 3.63) is 41.5 Å². The van der Waals surface area contributed by atoms with E-state index in [0.717, 1.165) is 30.9 Å². The van der Waals surface area contributed by atoms with Crippen LogP contribution in [0.5, 0.6) is 0 Å². The number of hydrogen-bond donors (Lipinski definition) is 0. The number of ether oxygens (including phenoxy) is 1. The third-order valence-corrected chi connectivity index (χ3v) is 4.47. The first-order chi connectivity index (χ1) is 11.2. The van der Waals surface area contributed by atoms with Crippen molar-refractivity contribution in [1.82, 2.24) is 4.90 Å². The van der Waals surface area contributed by atoms with E-state index in [4.69, 9.17) is 4.74 Å². The van der Waals surface area contributed by atoms with Gasteiger partial charge in [0.25, 0.3) is 0 Å². The third-order valence-electron chi connectivity index (χ3n) is 4.47. The van der Waals surface area contributed by atoms with Gasteiger partial charge in [-0.1, -0.05) is 6.08 Å². The molecule has 5 heteroatoms. The van der Waals surface area contributed by atoms with Crippen LogP contribution in [-0.2, 0) is 4.74 Å². The lowest BCUT2D eigenvalue weighted by Gasteiger charge is -2.45. The number of nitrogens with zero attached hydrogens (tertiary/aromatic N) is 1. The van der Waals surface area contributed by atoms with Gasteiger partial charge in [0.1, 0.15) is 17.2 Å². The molecule has 0 saturated carbocycles. The van der Waals surface area contributed by atoms with E-state index in [2.05, 4.69) is 0 Å². The summed E-state index contributed by atoms with van der Waals surface area (Å²) >= 11 is 0. The minimum atomic E-state index is -0.578. The molecule has 2 heterocycles. The first-order valence-electron chi connectivity index (χ1n) is 8.41. The van der Waals surface area contributed by atoms with Crippen LogP contribution in [0, 0.1) is 11.6 Å². The van der Waals surface area contributed by atoms with Gasteiger partial charge >= 0.3 is 6.09 Å². The first-order valence-corrected chi connectivity index (χ1v) is 8.41. The molecule has 0 spiro atoms. The molecular formula is C19H23F2NO2. The van der Waals surface area contributed by atoms with E-state index in [1.54, 1.807) is 4.90 Å². The number of hydrogen-bond acceptors (Lipinski definition) is 2. The molecule has 130 valence electrons. The Morgan fingerprint density at radius 3 is 2.42 bits per heavy atom. The molecule has 0 radical (unpaired) electrons. The summed E-state index contributed by atoms with van der Waals surface area (Å²) < 4.78 is 32.6. The number of carbonyl (C=O) groups excluding carboxylic acids is 1. The van der Waals surface area contributed by atoms with Crippen molar-refractivity contribution >= 4 is 11.7 Å². The fourth-order valence-corrected chi connectivity index (χ4v) is 3.58. The SMILES string of the molecule is CC(C)(C)OC(=O)N1C2C=C(c3cc(F)cc(F)c3)CC1CCC2. The second kappa shape index (κ2) is 6.19. The highest BCUT2D eigenvalue weighted by molar-refractivity contribution is 5.74. The molecule has 2 unspecified atom stereocenters. The summed E-state index contributed by atoms with van der Waals surface area (Å²) in [5, 5.41) is 0. The van der Waals surface area contributed by atoms with Crippen LogP contribution in [0.4, 0.5) is 13.6 Å². The average Bonchev–Trinajstić information content (AvgIpc) is 2.42. The highest BCUT2D eigenvalue weighted by atomic mass is 19.1. The lowest BCUT2D eigenvalue weighted by molar-refractivity contribution is 0.0000788. The van der Waals surface area contributed by atoms with Gasteiger partial charge in [-0.25, -0.2) is 13.6 Å². The fourth-order valence-electron chi connectivity index (χ4n) is 3.58. The molecule has 2 aliphatic rings. The number of piperidine rings is 1. The van der Waals surface area contributed by atoms with Crippen LogP contribution in [0.25, 0.3) is 5.57 Å². The molecule has 24 heavy (non-hydrogen) atoms. The molecule has 1 saturated heterocycles. The maximum atomic E-state index is 13.5. The molecule has 3 nitrogen and oxygen atoms in total. The normalized spacial score (nSPS) is 23.7. The van der Waals surface area contributed by atoms with Crippen molar-refractivity contribution in [2.75, 3.05) is 0 Å². The summed E-state index contributed by atoms with van der Waals surface area (Å²) in [6.07, 6.45) is 5.02. The summed E-state index contributed by atoms with van der Waals surface area (Å²) in [4.78, 5) is 14.3. The Hall–Kier alpha value is -1.91. The minimum absolute atomic E-state index is 0.0185. The lowest BCUT2D eigenvalue weighted by Crippen LogP contribution is -2.53. The predicted octanol–water partition coefficient (Wildman–Crippen LogP) is 4.91. The topological polar surface area (TPSA) is 29.5 Å². The number of halogens is 2. The zero-order valence-electron chi connectivity index (χ0n) is 14.3. The van der Waals surface area contributed by atoms with Gasteiger partial charge in [-0.05, 0) is 69.7 Å². The molecule has 1 aromatic rings. The fraction of sp³-hybridized carbons (Fsp3) is 0.526. The lowest BCUT2D eigenvalue weighted by atomic mass is 9.83. The van der Waals surface area contributed by atoms with E-state index in [1.165, 1.54) is 12.1 Å². The van der Waals surface area contributed by atoms with Gasteiger partial charge < -0.3 is 4.74 Å². The molecular weight excluding hydrogens is 312 g/mol. The molecule has 1 amide bonds. The minimum Gasteiger partial charge on any atom is -0.444 e. The van der Waals surface area contributed by atoms with E-state index in [-0.39, 0.29) is 18.2 Å². The molecule has 0 N–H and O–H groups in total. The second-order valence-corrected chi connectivity index (χ2v) is 7.59. The maximum absolute atomic E-state index is 13.5. The van der Waals surface area contributed by atoms with Crippen LogP contribution in [0.2, 0.25) is 0 Å². The zero-order chi connectivity index (χ0) is 17.5. The summed E-state index contributed by atoms with van der Waals surface area (Å²) in [5.41, 5.74) is 0.928. The Morgan fingerprint density at radius 1 is 1.17 bits per heavy atom. The Bertz CT molecular complexity index is 658.